The molecule has 0 bridgehead atoms. The van der Waals surface area contributed by atoms with E-state index in [1.807, 2.05) is 18.5 Å². The van der Waals surface area contributed by atoms with Gasteiger partial charge >= 0.3 is 0 Å². The molecule has 0 amide bonds. The molecule has 0 fully saturated rings. The van der Waals surface area contributed by atoms with Crippen LogP contribution < -0.4 is 14.5 Å². The lowest BCUT2D eigenvalue weighted by atomic mass is 9.64. The molecule has 0 radical (unpaired) electrons. The number of ether oxygens (including phenoxy) is 1. The molecule has 0 aliphatic carbocycles. The highest BCUT2D eigenvalue weighted by Crippen LogP contribution is 2.57. The summed E-state index contributed by atoms with van der Waals surface area (Å²) in [5, 5.41) is 0. The van der Waals surface area contributed by atoms with Crippen LogP contribution in [0.2, 0.25) is 0 Å². The number of aromatic nitrogens is 2. The Hall–Kier alpha value is -8.54. The Kier molecular flexibility index (Phi) is 12.6. The molecule has 3 heterocycles. The number of pyridine rings is 2. The van der Waals surface area contributed by atoms with E-state index >= 15 is 0 Å². The maximum Gasteiger partial charge on any atom is 0.128 e. The predicted octanol–water partition coefficient (Wildman–Crippen LogP) is 18.8. The van der Waals surface area contributed by atoms with Crippen LogP contribution in [-0.4, -0.2) is 9.97 Å². The fourth-order valence-corrected chi connectivity index (χ4v) is 11.3. The van der Waals surface area contributed by atoms with Crippen molar-refractivity contribution >= 4 is 34.1 Å². The number of hydrogen-bond donors (Lipinski definition) is 0. The maximum absolute atomic E-state index is 7.21. The van der Waals surface area contributed by atoms with E-state index in [1.165, 1.54) is 33.4 Å². The molecule has 75 heavy (non-hydrogen) atoms. The SMILES string of the molecule is Cc1cc(C)c(-c2cc(Oc3cccc(C4(c5ccccn5)c5ccccc5N(c5ccccc5)c5ccccc54)c3)cc(-c3cc(N(c4ccc(C(C)(C)C)cc4)c4ccc(C(C)(C)C)cc4)ccn3)c2)c(C)c1. The van der Waals surface area contributed by atoms with E-state index in [4.69, 9.17) is 14.7 Å². The topological polar surface area (TPSA) is 41.5 Å². The fourth-order valence-electron chi connectivity index (χ4n) is 11.3. The molecule has 1 aliphatic heterocycles. The minimum atomic E-state index is -0.793. The number of aryl methyl sites for hydroxylation is 3. The fraction of sp³-hybridized carbons (Fsp3) is 0.171. The van der Waals surface area contributed by atoms with Gasteiger partial charge in [0.1, 0.15) is 11.5 Å². The monoisotopic (exact) mass is 977 g/mol. The molecule has 0 saturated carbocycles. The molecule has 5 heteroatoms. The zero-order valence-electron chi connectivity index (χ0n) is 44.6. The number of rotatable bonds is 10. The zero-order chi connectivity index (χ0) is 52.1. The van der Waals surface area contributed by atoms with Gasteiger partial charge in [0.15, 0.2) is 0 Å². The standard InChI is InChI=1S/C70H64N4O/c1-47-40-48(2)67(49(3)41-47)51-42-50(63-46-58(37-39-71-63)73(56-33-29-52(30-34-56)68(4,5)6)57-35-31-53(32-36-57)69(7,8)9)43-60(44-51)75-59-23-19-20-54(45-59)70(66-28-17-18-38-72-66)61-24-13-15-26-64(61)74(55-21-11-10-12-22-55)65-27-16-14-25-62(65)70/h10-46H,1-9H3. The Balaban J connectivity index is 1.06. The van der Waals surface area contributed by atoms with Crippen molar-refractivity contribution in [2.45, 2.75) is 78.6 Å². The third-order valence-electron chi connectivity index (χ3n) is 14.8. The predicted molar refractivity (Wildman–Crippen MR) is 312 cm³/mol. The second-order valence-electron chi connectivity index (χ2n) is 22.1. The van der Waals surface area contributed by atoms with Crippen LogP contribution in [0.1, 0.15) is 91.7 Å². The summed E-state index contributed by atoms with van der Waals surface area (Å²) in [6, 6.07) is 76.4. The summed E-state index contributed by atoms with van der Waals surface area (Å²) >= 11 is 0. The average molecular weight is 977 g/mol. The van der Waals surface area contributed by atoms with E-state index in [-0.39, 0.29) is 10.8 Å². The van der Waals surface area contributed by atoms with Crippen LogP contribution in [-0.2, 0) is 16.2 Å². The van der Waals surface area contributed by atoms with Gasteiger partial charge in [-0.1, -0.05) is 156 Å². The highest BCUT2D eigenvalue weighted by molar-refractivity contribution is 5.89. The highest BCUT2D eigenvalue weighted by atomic mass is 16.5. The maximum atomic E-state index is 7.21. The van der Waals surface area contributed by atoms with Crippen molar-refractivity contribution in [1.29, 1.82) is 0 Å². The summed E-state index contributed by atoms with van der Waals surface area (Å²) in [4.78, 5) is 15.0. The Bertz CT molecular complexity index is 3550. The van der Waals surface area contributed by atoms with Crippen molar-refractivity contribution in [1.82, 2.24) is 9.97 Å². The molecule has 0 N–H and O–H groups in total. The van der Waals surface area contributed by atoms with Gasteiger partial charge in [-0.3, -0.25) is 9.97 Å². The van der Waals surface area contributed by atoms with Crippen molar-refractivity contribution in [2.75, 3.05) is 9.80 Å². The molecule has 370 valence electrons. The third-order valence-corrected chi connectivity index (χ3v) is 14.8. The molecule has 11 rings (SSSR count). The van der Waals surface area contributed by atoms with Gasteiger partial charge in [0.2, 0.25) is 0 Å². The summed E-state index contributed by atoms with van der Waals surface area (Å²) in [5.74, 6) is 1.43. The zero-order valence-corrected chi connectivity index (χ0v) is 44.6. The number of para-hydroxylation sites is 3. The molecule has 8 aromatic carbocycles. The minimum absolute atomic E-state index is 0.0273. The van der Waals surface area contributed by atoms with Crippen LogP contribution in [0, 0.1) is 20.8 Å². The molecule has 0 unspecified atom stereocenters. The van der Waals surface area contributed by atoms with Crippen LogP contribution in [0.5, 0.6) is 11.5 Å². The van der Waals surface area contributed by atoms with Crippen molar-refractivity contribution in [2.24, 2.45) is 0 Å². The molecular weight excluding hydrogens is 913 g/mol. The van der Waals surface area contributed by atoms with Gasteiger partial charge in [-0.15, -0.1) is 0 Å². The first kappa shape index (κ1) is 48.7. The van der Waals surface area contributed by atoms with E-state index in [0.717, 1.165) is 73.3 Å². The Morgan fingerprint density at radius 1 is 0.453 bits per heavy atom. The normalized spacial score (nSPS) is 12.9. The number of hydrogen-bond acceptors (Lipinski definition) is 5. The molecule has 10 aromatic rings. The summed E-state index contributed by atoms with van der Waals surface area (Å²) in [6.07, 6.45) is 3.83. The van der Waals surface area contributed by atoms with Gasteiger partial charge in [0.05, 0.1) is 28.2 Å². The van der Waals surface area contributed by atoms with Gasteiger partial charge in [0, 0.05) is 40.7 Å². The lowest BCUT2D eigenvalue weighted by Gasteiger charge is -2.45. The number of anilines is 6. The first-order valence-electron chi connectivity index (χ1n) is 26.1. The van der Waals surface area contributed by atoms with Gasteiger partial charge < -0.3 is 14.5 Å². The van der Waals surface area contributed by atoms with Gasteiger partial charge in [0.25, 0.3) is 0 Å². The van der Waals surface area contributed by atoms with Crippen LogP contribution in [0.4, 0.5) is 34.1 Å². The van der Waals surface area contributed by atoms with Crippen molar-refractivity contribution in [3.05, 3.63) is 275 Å². The molecule has 1 aliphatic rings. The summed E-state index contributed by atoms with van der Waals surface area (Å²) in [7, 11) is 0. The van der Waals surface area contributed by atoms with Crippen LogP contribution >= 0.6 is 0 Å². The Morgan fingerprint density at radius 2 is 1.03 bits per heavy atom. The molecule has 2 aromatic heterocycles. The summed E-state index contributed by atoms with van der Waals surface area (Å²) in [6.45, 7) is 20.1. The van der Waals surface area contributed by atoms with E-state index < -0.39 is 5.41 Å². The van der Waals surface area contributed by atoms with Crippen molar-refractivity contribution < 1.29 is 4.74 Å². The lowest BCUT2D eigenvalue weighted by molar-refractivity contribution is 0.481. The Labute approximate surface area is 443 Å². The number of fused-ring (bicyclic) bond motifs is 2. The van der Waals surface area contributed by atoms with E-state index in [1.54, 1.807) is 0 Å². The Morgan fingerprint density at radius 3 is 1.61 bits per heavy atom. The van der Waals surface area contributed by atoms with Gasteiger partial charge in [-0.25, -0.2) is 0 Å². The van der Waals surface area contributed by atoms with Gasteiger partial charge in [-0.05, 0) is 185 Å². The quantitative estimate of drug-likeness (QED) is 0.137. The molecule has 0 atom stereocenters. The number of benzene rings is 8. The van der Waals surface area contributed by atoms with Crippen molar-refractivity contribution in [3.8, 4) is 33.9 Å². The second kappa shape index (κ2) is 19.4. The lowest BCUT2D eigenvalue weighted by Crippen LogP contribution is -2.38. The third kappa shape index (κ3) is 9.18. The largest absolute Gasteiger partial charge is 0.457 e. The van der Waals surface area contributed by atoms with E-state index in [9.17, 15) is 0 Å². The highest BCUT2D eigenvalue weighted by Gasteiger charge is 2.47. The average Bonchev–Trinajstić information content (AvgIpc) is 3.40. The van der Waals surface area contributed by atoms with Crippen LogP contribution in [0.3, 0.4) is 0 Å². The van der Waals surface area contributed by atoms with E-state index in [2.05, 4.69) is 278 Å². The van der Waals surface area contributed by atoms with Crippen LogP contribution in [0.25, 0.3) is 22.4 Å². The first-order valence-corrected chi connectivity index (χ1v) is 26.1. The summed E-state index contributed by atoms with van der Waals surface area (Å²) in [5.41, 5.74) is 20.2. The number of nitrogens with zero attached hydrogens (tertiary/aromatic N) is 4. The van der Waals surface area contributed by atoms with Crippen LogP contribution in [0.15, 0.2) is 225 Å². The minimum Gasteiger partial charge on any atom is -0.457 e. The molecule has 0 saturated heterocycles. The summed E-state index contributed by atoms with van der Waals surface area (Å²) < 4.78 is 7.21. The smallest absolute Gasteiger partial charge is 0.128 e. The molecule has 5 nitrogen and oxygen atoms in total. The molecule has 0 spiro atoms. The second-order valence-corrected chi connectivity index (χ2v) is 22.1. The molecular formula is C70H64N4O. The first-order chi connectivity index (χ1) is 36.2. The van der Waals surface area contributed by atoms with E-state index in [0.29, 0.717) is 11.5 Å². The van der Waals surface area contributed by atoms with Crippen molar-refractivity contribution in [3.63, 3.8) is 0 Å². The van der Waals surface area contributed by atoms with Gasteiger partial charge in [-0.2, -0.15) is 0 Å².